The average Bonchev–Trinajstić information content (AvgIpc) is 3.35. The zero-order valence-corrected chi connectivity index (χ0v) is 29.0. The molecule has 8 rings (SSSR count). The van der Waals surface area contributed by atoms with Gasteiger partial charge in [-0.1, -0.05) is 63.3 Å². The molecule has 4 saturated carbocycles. The van der Waals surface area contributed by atoms with Crippen molar-refractivity contribution >= 4 is 17.4 Å². The van der Waals surface area contributed by atoms with Crippen molar-refractivity contribution in [2.75, 3.05) is 33.8 Å². The number of fused-ring (bicyclic) bond motifs is 2. The van der Waals surface area contributed by atoms with Gasteiger partial charge in [-0.15, -0.1) is 0 Å². The van der Waals surface area contributed by atoms with Gasteiger partial charge in [-0.05, 0) is 93.0 Å². The highest BCUT2D eigenvalue weighted by Crippen LogP contribution is 2.66. The standard InChI is InChI=1S/C38H54N4O5/c1-23-30-17-28(36(30,2)3)18-31(23)39-34(44)33-38(22-37(38,4)46)32(21-43)47-42(33)19-24-9-7-10-25(15-24)26-11-8-12-27(16-26)35(45)41-14-13-29(20-41)40(5)6/h7-12,15,23,27-33,43,46H,13-14,16-22H2,1-6H3,(H,39,44)/t23-,27?,28+,29?,30-,31-,32-,33+,37?,38+/m0/s1. The molecule has 0 radical (unpaired) electrons. The molecule has 0 aromatic heterocycles. The SMILES string of the molecule is C[C@@H]1[C@@H](NC(=O)[C@H]2N(Cc3cccc(C4=CC=CC(C(=O)N5CCC(N(C)C)C5)C4)c3)O[C@@H](CO)[C@]23CC3(C)O)C[C@H]2C[C@@H]1C2(C)C. The molecule has 1 spiro atoms. The third kappa shape index (κ3) is 5.41. The first-order valence-corrected chi connectivity index (χ1v) is 17.8. The molecule has 9 heteroatoms. The van der Waals surface area contributed by atoms with Crippen molar-refractivity contribution < 1.29 is 24.6 Å². The molecule has 2 bridgehead atoms. The molecule has 10 atom stereocenters. The van der Waals surface area contributed by atoms with Crippen LogP contribution in [-0.4, -0.2) is 101 Å². The van der Waals surface area contributed by atoms with E-state index < -0.39 is 23.2 Å². The number of nitrogens with zero attached hydrogens (tertiary/aromatic N) is 3. The topological polar surface area (TPSA) is 106 Å². The normalized spacial score (nSPS) is 40.4. The summed E-state index contributed by atoms with van der Waals surface area (Å²) in [5, 5.41) is 26.8. The smallest absolute Gasteiger partial charge is 0.240 e. The van der Waals surface area contributed by atoms with Crippen molar-refractivity contribution in [3.8, 4) is 0 Å². The number of carbonyl (C=O) groups is 2. The molecule has 2 amide bonds. The molecule has 5 aliphatic carbocycles. The number of hydrogen-bond donors (Lipinski definition) is 3. The predicted molar refractivity (Wildman–Crippen MR) is 180 cm³/mol. The Morgan fingerprint density at radius 1 is 1.17 bits per heavy atom. The summed E-state index contributed by atoms with van der Waals surface area (Å²) in [6, 6.07) is 8.01. The van der Waals surface area contributed by atoms with Gasteiger partial charge in [-0.2, -0.15) is 5.06 Å². The lowest BCUT2D eigenvalue weighted by Crippen LogP contribution is -2.62. The largest absolute Gasteiger partial charge is 0.394 e. The number of nitrogens with one attached hydrogen (secondary N) is 1. The summed E-state index contributed by atoms with van der Waals surface area (Å²) in [6.45, 7) is 10.4. The Kier molecular flexibility index (Phi) is 8.27. The number of rotatable bonds is 8. The Balaban J connectivity index is 1.07. The highest BCUT2D eigenvalue weighted by atomic mass is 16.7. The van der Waals surface area contributed by atoms with Gasteiger partial charge in [0.05, 0.1) is 30.1 Å². The lowest BCUT2D eigenvalue weighted by molar-refractivity contribution is -0.183. The van der Waals surface area contributed by atoms with E-state index in [1.807, 2.05) is 29.2 Å². The highest BCUT2D eigenvalue weighted by Gasteiger charge is 2.78. The van der Waals surface area contributed by atoms with Crippen LogP contribution in [0.3, 0.4) is 0 Å². The van der Waals surface area contributed by atoms with Crippen LogP contribution in [0, 0.1) is 34.5 Å². The molecule has 2 aliphatic heterocycles. The van der Waals surface area contributed by atoms with E-state index in [1.54, 1.807) is 12.0 Å². The number of amides is 2. The maximum Gasteiger partial charge on any atom is 0.240 e. The second-order valence-electron chi connectivity index (χ2n) is 16.6. The molecule has 3 unspecified atom stereocenters. The monoisotopic (exact) mass is 646 g/mol. The van der Waals surface area contributed by atoms with Crippen LogP contribution in [-0.2, 0) is 21.0 Å². The molecule has 1 aromatic carbocycles. The molecule has 47 heavy (non-hydrogen) atoms. The van der Waals surface area contributed by atoms with Crippen LogP contribution in [0.25, 0.3) is 5.57 Å². The third-order valence-electron chi connectivity index (χ3n) is 13.5. The van der Waals surface area contributed by atoms with Gasteiger partial charge in [0.15, 0.2) is 0 Å². The Morgan fingerprint density at radius 3 is 2.57 bits per heavy atom. The van der Waals surface area contributed by atoms with Crippen LogP contribution >= 0.6 is 0 Å². The van der Waals surface area contributed by atoms with Crippen LogP contribution in [0.2, 0.25) is 0 Å². The second-order valence-corrected chi connectivity index (χ2v) is 16.6. The fraction of sp³-hybridized carbons (Fsp3) is 0.684. The number of benzene rings is 1. The van der Waals surface area contributed by atoms with E-state index in [0.717, 1.165) is 42.6 Å². The van der Waals surface area contributed by atoms with Crippen LogP contribution in [0.4, 0.5) is 0 Å². The van der Waals surface area contributed by atoms with Crippen LogP contribution in [0.15, 0.2) is 42.5 Å². The highest BCUT2D eigenvalue weighted by molar-refractivity contribution is 5.85. The summed E-state index contributed by atoms with van der Waals surface area (Å²) < 4.78 is 0. The molecule has 2 saturated heterocycles. The Labute approximate surface area is 280 Å². The van der Waals surface area contributed by atoms with Crippen molar-refractivity contribution in [2.24, 2.45) is 34.5 Å². The second kappa shape index (κ2) is 11.8. The molecule has 9 nitrogen and oxygen atoms in total. The minimum atomic E-state index is -1.11. The number of aliphatic hydroxyl groups is 2. The van der Waals surface area contributed by atoms with Gasteiger partial charge in [0, 0.05) is 25.2 Å². The molecule has 2 heterocycles. The Bertz CT molecular complexity index is 1470. The Hall–Kier alpha value is -2.56. The number of hydrogen-bond acceptors (Lipinski definition) is 7. The third-order valence-corrected chi connectivity index (χ3v) is 13.5. The number of carbonyl (C=O) groups excluding carboxylic acids is 2. The quantitative estimate of drug-likeness (QED) is 0.397. The number of likely N-dealkylation sites (tertiary alicyclic amines) is 1. The molecule has 6 fully saturated rings. The van der Waals surface area contributed by atoms with Crippen LogP contribution in [0.1, 0.15) is 70.9 Å². The van der Waals surface area contributed by atoms with Crippen molar-refractivity contribution in [3.05, 3.63) is 53.6 Å². The van der Waals surface area contributed by atoms with Crippen molar-refractivity contribution in [1.82, 2.24) is 20.2 Å². The molecule has 256 valence electrons. The summed E-state index contributed by atoms with van der Waals surface area (Å²) in [5.74, 6) is 1.47. The van der Waals surface area contributed by atoms with Gasteiger partial charge in [0.2, 0.25) is 11.8 Å². The number of hydroxylamine groups is 2. The zero-order chi connectivity index (χ0) is 33.5. The van der Waals surface area contributed by atoms with E-state index in [0.29, 0.717) is 48.6 Å². The molecular weight excluding hydrogens is 592 g/mol. The lowest BCUT2D eigenvalue weighted by Gasteiger charge is -2.62. The van der Waals surface area contributed by atoms with Crippen molar-refractivity contribution in [2.45, 2.75) is 96.2 Å². The van der Waals surface area contributed by atoms with E-state index in [9.17, 15) is 19.8 Å². The van der Waals surface area contributed by atoms with E-state index in [-0.39, 0.29) is 30.4 Å². The summed E-state index contributed by atoms with van der Waals surface area (Å²) in [7, 11) is 4.15. The predicted octanol–water partition coefficient (Wildman–Crippen LogP) is 3.61. The number of allylic oxidation sites excluding steroid dienone is 3. The summed E-state index contributed by atoms with van der Waals surface area (Å²) >= 11 is 0. The van der Waals surface area contributed by atoms with Gasteiger partial charge in [0.25, 0.3) is 0 Å². The Morgan fingerprint density at radius 2 is 1.94 bits per heavy atom. The van der Waals surface area contributed by atoms with Gasteiger partial charge in [-0.3, -0.25) is 14.4 Å². The first-order valence-electron chi connectivity index (χ1n) is 17.8. The minimum absolute atomic E-state index is 0.0923. The number of aliphatic hydroxyl groups excluding tert-OH is 1. The van der Waals surface area contributed by atoms with Crippen molar-refractivity contribution in [1.29, 1.82) is 0 Å². The van der Waals surface area contributed by atoms with Gasteiger partial charge in [-0.25, -0.2) is 0 Å². The van der Waals surface area contributed by atoms with Gasteiger partial charge >= 0.3 is 0 Å². The fourth-order valence-electron chi connectivity index (χ4n) is 10.1. The number of likely N-dealkylation sites (N-methyl/N-ethyl adjacent to an activating group) is 1. The van der Waals surface area contributed by atoms with E-state index >= 15 is 0 Å². The van der Waals surface area contributed by atoms with Gasteiger partial charge < -0.3 is 25.3 Å². The fourth-order valence-corrected chi connectivity index (χ4v) is 10.1. The van der Waals surface area contributed by atoms with E-state index in [1.165, 1.54) is 6.42 Å². The van der Waals surface area contributed by atoms with Gasteiger partial charge in [0.1, 0.15) is 12.1 Å². The van der Waals surface area contributed by atoms with Crippen LogP contribution < -0.4 is 5.32 Å². The first kappa shape index (κ1) is 33.0. The van der Waals surface area contributed by atoms with Crippen molar-refractivity contribution in [3.63, 3.8) is 0 Å². The molecule has 1 aromatic rings. The average molecular weight is 647 g/mol. The molecule has 7 aliphatic rings. The van der Waals surface area contributed by atoms with E-state index in [2.05, 4.69) is 63.3 Å². The first-order chi connectivity index (χ1) is 22.3. The summed E-state index contributed by atoms with van der Waals surface area (Å²) in [6.07, 6.45) is 9.70. The maximum atomic E-state index is 14.2. The van der Waals surface area contributed by atoms with Crippen LogP contribution in [0.5, 0.6) is 0 Å². The maximum absolute atomic E-state index is 14.2. The molecular formula is C38H54N4O5. The lowest BCUT2D eigenvalue weighted by atomic mass is 9.45. The summed E-state index contributed by atoms with van der Waals surface area (Å²) in [4.78, 5) is 38.3. The van der Waals surface area contributed by atoms with E-state index in [4.69, 9.17) is 4.84 Å². The minimum Gasteiger partial charge on any atom is -0.394 e. The molecule has 3 N–H and O–H groups in total. The zero-order valence-electron chi connectivity index (χ0n) is 29.0. The summed E-state index contributed by atoms with van der Waals surface area (Å²) in [5.41, 5.74) is 1.46.